The van der Waals surface area contributed by atoms with Crippen LogP contribution in [0.5, 0.6) is 0 Å². The van der Waals surface area contributed by atoms with E-state index in [0.29, 0.717) is 34.5 Å². The molecule has 0 saturated heterocycles. The van der Waals surface area contributed by atoms with Gasteiger partial charge < -0.3 is 9.63 Å². The van der Waals surface area contributed by atoms with Gasteiger partial charge in [0.05, 0.1) is 22.6 Å². The van der Waals surface area contributed by atoms with Gasteiger partial charge in [-0.05, 0) is 12.5 Å². The summed E-state index contributed by atoms with van der Waals surface area (Å²) in [4.78, 5) is 8.18. The van der Waals surface area contributed by atoms with E-state index in [-0.39, 0.29) is 5.82 Å². The number of aliphatic hydroxyl groups excluding tert-OH is 1. The molecule has 0 radical (unpaired) electrons. The molecule has 0 spiro atoms. The molecule has 0 amide bonds. The minimum Gasteiger partial charge on any atom is -0.393 e. The van der Waals surface area contributed by atoms with Crippen LogP contribution < -0.4 is 0 Å². The standard InChI is InChI=1S/C11H11Cl2N3O2/c1-2-7(17)4-9-15-11(16-18-9)10-8(13)3-6(12)5-14-10/h3,5,7,17H,2,4H2,1H3. The molecule has 1 N–H and O–H groups in total. The van der Waals surface area contributed by atoms with Gasteiger partial charge in [-0.25, -0.2) is 4.98 Å². The number of hydrogen-bond acceptors (Lipinski definition) is 5. The molecule has 0 aliphatic carbocycles. The molecule has 0 aromatic carbocycles. The average molecular weight is 288 g/mol. The zero-order valence-corrected chi connectivity index (χ0v) is 11.1. The zero-order chi connectivity index (χ0) is 13.1. The van der Waals surface area contributed by atoms with E-state index in [1.807, 2.05) is 6.92 Å². The van der Waals surface area contributed by atoms with Crippen LogP contribution in [-0.2, 0) is 6.42 Å². The summed E-state index contributed by atoms with van der Waals surface area (Å²) in [7, 11) is 0. The fourth-order valence-electron chi connectivity index (χ4n) is 1.36. The highest BCUT2D eigenvalue weighted by molar-refractivity contribution is 6.35. The maximum atomic E-state index is 9.50. The maximum absolute atomic E-state index is 9.50. The largest absolute Gasteiger partial charge is 0.393 e. The van der Waals surface area contributed by atoms with Crippen LogP contribution in [0.25, 0.3) is 11.5 Å². The fourth-order valence-corrected chi connectivity index (χ4v) is 1.82. The third kappa shape index (κ3) is 2.98. The van der Waals surface area contributed by atoms with E-state index >= 15 is 0 Å². The lowest BCUT2D eigenvalue weighted by atomic mass is 10.2. The third-order valence-electron chi connectivity index (χ3n) is 2.37. The van der Waals surface area contributed by atoms with Crippen LogP contribution in [0, 0.1) is 0 Å². The molecule has 1 atom stereocenters. The summed E-state index contributed by atoms with van der Waals surface area (Å²) < 4.78 is 5.02. The molecule has 2 rings (SSSR count). The summed E-state index contributed by atoms with van der Waals surface area (Å²) in [5, 5.41) is 14.1. The number of aromatic nitrogens is 3. The van der Waals surface area contributed by atoms with Gasteiger partial charge in [-0.2, -0.15) is 4.98 Å². The Morgan fingerprint density at radius 3 is 2.89 bits per heavy atom. The van der Waals surface area contributed by atoms with Gasteiger partial charge in [0, 0.05) is 6.20 Å². The highest BCUT2D eigenvalue weighted by atomic mass is 35.5. The molecule has 0 fully saturated rings. The van der Waals surface area contributed by atoms with E-state index in [0.717, 1.165) is 0 Å². The summed E-state index contributed by atoms with van der Waals surface area (Å²) in [5.41, 5.74) is 0.405. The zero-order valence-electron chi connectivity index (χ0n) is 9.60. The quantitative estimate of drug-likeness (QED) is 0.936. The molecule has 0 bridgehead atoms. The summed E-state index contributed by atoms with van der Waals surface area (Å²) in [6.07, 6.45) is 1.90. The highest BCUT2D eigenvalue weighted by Crippen LogP contribution is 2.25. The lowest BCUT2D eigenvalue weighted by molar-refractivity contribution is 0.158. The van der Waals surface area contributed by atoms with Gasteiger partial charge in [0.15, 0.2) is 0 Å². The van der Waals surface area contributed by atoms with Crippen LogP contribution in [0.1, 0.15) is 19.2 Å². The van der Waals surface area contributed by atoms with Gasteiger partial charge in [-0.1, -0.05) is 35.3 Å². The second-order valence-electron chi connectivity index (χ2n) is 3.76. The van der Waals surface area contributed by atoms with Crippen molar-refractivity contribution in [3.05, 3.63) is 28.2 Å². The normalized spacial score (nSPS) is 12.7. The summed E-state index contributed by atoms with van der Waals surface area (Å²) in [6.45, 7) is 1.87. The van der Waals surface area contributed by atoms with Crippen LogP contribution in [0.15, 0.2) is 16.8 Å². The van der Waals surface area contributed by atoms with Crippen molar-refractivity contribution in [2.75, 3.05) is 0 Å². The SMILES string of the molecule is CCC(O)Cc1nc(-c2ncc(Cl)cc2Cl)no1. The minimum atomic E-state index is -0.494. The maximum Gasteiger partial charge on any atom is 0.229 e. The Hall–Kier alpha value is -1.17. The molecule has 1 unspecified atom stereocenters. The molecule has 0 aliphatic heterocycles. The van der Waals surface area contributed by atoms with E-state index in [1.165, 1.54) is 6.20 Å². The van der Waals surface area contributed by atoms with Crippen LogP contribution >= 0.6 is 23.2 Å². The van der Waals surface area contributed by atoms with E-state index in [4.69, 9.17) is 27.7 Å². The van der Waals surface area contributed by atoms with Crippen molar-refractivity contribution < 1.29 is 9.63 Å². The van der Waals surface area contributed by atoms with Gasteiger partial charge in [-0.15, -0.1) is 0 Å². The second-order valence-corrected chi connectivity index (χ2v) is 4.61. The molecule has 96 valence electrons. The van der Waals surface area contributed by atoms with Crippen molar-refractivity contribution in [3.63, 3.8) is 0 Å². The second kappa shape index (κ2) is 5.65. The number of pyridine rings is 1. The third-order valence-corrected chi connectivity index (χ3v) is 2.86. The molecule has 2 heterocycles. The molecule has 2 aromatic heterocycles. The van der Waals surface area contributed by atoms with Gasteiger partial charge >= 0.3 is 0 Å². The molecule has 0 aliphatic rings. The summed E-state index contributed by atoms with van der Waals surface area (Å²) in [6, 6.07) is 1.56. The Kier molecular flexibility index (Phi) is 4.16. The Balaban J connectivity index is 2.24. The van der Waals surface area contributed by atoms with Gasteiger partial charge in [0.25, 0.3) is 0 Å². The number of aliphatic hydroxyl groups is 1. The molecule has 2 aromatic rings. The van der Waals surface area contributed by atoms with Gasteiger partial charge in [0.1, 0.15) is 5.69 Å². The Morgan fingerprint density at radius 2 is 2.22 bits per heavy atom. The smallest absolute Gasteiger partial charge is 0.229 e. The van der Waals surface area contributed by atoms with E-state index < -0.39 is 6.10 Å². The number of hydrogen-bond donors (Lipinski definition) is 1. The van der Waals surface area contributed by atoms with E-state index in [1.54, 1.807) is 6.07 Å². The van der Waals surface area contributed by atoms with Crippen molar-refractivity contribution >= 4 is 23.2 Å². The molecule has 7 heteroatoms. The van der Waals surface area contributed by atoms with Crippen molar-refractivity contribution in [3.8, 4) is 11.5 Å². The fraction of sp³-hybridized carbons (Fsp3) is 0.364. The first-order chi connectivity index (χ1) is 8.60. The monoisotopic (exact) mass is 287 g/mol. The predicted molar refractivity (Wildman–Crippen MR) is 67.6 cm³/mol. The van der Waals surface area contributed by atoms with Crippen LogP contribution in [0.4, 0.5) is 0 Å². The van der Waals surface area contributed by atoms with E-state index in [9.17, 15) is 5.11 Å². The number of halogens is 2. The molecule has 0 saturated carbocycles. The average Bonchev–Trinajstić information content (AvgIpc) is 2.77. The minimum absolute atomic E-state index is 0.287. The van der Waals surface area contributed by atoms with Crippen molar-refractivity contribution in [2.45, 2.75) is 25.9 Å². The van der Waals surface area contributed by atoms with Gasteiger partial charge in [-0.3, -0.25) is 0 Å². The lowest BCUT2D eigenvalue weighted by Crippen LogP contribution is -2.08. The summed E-state index contributed by atoms with van der Waals surface area (Å²) in [5.74, 6) is 0.641. The molecule has 18 heavy (non-hydrogen) atoms. The van der Waals surface area contributed by atoms with Crippen molar-refractivity contribution in [1.29, 1.82) is 0 Å². The first-order valence-corrected chi connectivity index (χ1v) is 6.17. The molecular formula is C11H11Cl2N3O2. The first kappa shape index (κ1) is 13.3. The Labute approximate surface area is 114 Å². The Morgan fingerprint density at radius 1 is 1.44 bits per heavy atom. The first-order valence-electron chi connectivity index (χ1n) is 5.42. The van der Waals surface area contributed by atoms with E-state index in [2.05, 4.69) is 15.1 Å². The lowest BCUT2D eigenvalue weighted by Gasteiger charge is -2.01. The van der Waals surface area contributed by atoms with Crippen LogP contribution in [0.3, 0.4) is 0 Å². The number of rotatable bonds is 4. The number of nitrogens with zero attached hydrogens (tertiary/aromatic N) is 3. The van der Waals surface area contributed by atoms with Gasteiger partial charge in [0.2, 0.25) is 11.7 Å². The predicted octanol–water partition coefficient (Wildman–Crippen LogP) is 2.75. The topological polar surface area (TPSA) is 72.0 Å². The van der Waals surface area contributed by atoms with Crippen LogP contribution in [0.2, 0.25) is 10.0 Å². The molecule has 5 nitrogen and oxygen atoms in total. The highest BCUT2D eigenvalue weighted by Gasteiger charge is 2.15. The molecular weight excluding hydrogens is 277 g/mol. The van der Waals surface area contributed by atoms with Crippen molar-refractivity contribution in [2.24, 2.45) is 0 Å². The Bertz CT molecular complexity index is 545. The summed E-state index contributed by atoms with van der Waals surface area (Å²) >= 11 is 11.7. The van der Waals surface area contributed by atoms with Crippen molar-refractivity contribution in [1.82, 2.24) is 15.1 Å². The van der Waals surface area contributed by atoms with Crippen LogP contribution in [-0.4, -0.2) is 26.3 Å².